The molecule has 0 aromatic heterocycles. The predicted molar refractivity (Wildman–Crippen MR) is 91.7 cm³/mol. The SMILES string of the molecule is CC(C)C(C)(c1ccccc1)c1ccc2ccccc2c1. The van der Waals surface area contributed by atoms with Gasteiger partial charge in [0, 0.05) is 5.41 Å². The number of benzene rings is 3. The van der Waals surface area contributed by atoms with Gasteiger partial charge in [0.2, 0.25) is 0 Å². The van der Waals surface area contributed by atoms with Crippen molar-refractivity contribution in [2.24, 2.45) is 5.92 Å². The van der Waals surface area contributed by atoms with E-state index in [4.69, 9.17) is 0 Å². The van der Waals surface area contributed by atoms with Gasteiger partial charge < -0.3 is 0 Å². The van der Waals surface area contributed by atoms with Crippen LogP contribution in [0.3, 0.4) is 0 Å². The molecule has 106 valence electrons. The van der Waals surface area contributed by atoms with E-state index in [9.17, 15) is 0 Å². The Hall–Kier alpha value is -2.08. The molecule has 0 saturated carbocycles. The van der Waals surface area contributed by atoms with Crippen LogP contribution in [0.2, 0.25) is 0 Å². The first-order chi connectivity index (χ1) is 10.1. The van der Waals surface area contributed by atoms with Crippen molar-refractivity contribution in [3.63, 3.8) is 0 Å². The Balaban J connectivity index is 2.20. The molecular formula is C21H22. The molecule has 0 saturated heterocycles. The van der Waals surface area contributed by atoms with Crippen molar-refractivity contribution in [1.82, 2.24) is 0 Å². The minimum Gasteiger partial charge on any atom is -0.0622 e. The van der Waals surface area contributed by atoms with Crippen molar-refractivity contribution in [3.8, 4) is 0 Å². The lowest BCUT2D eigenvalue weighted by molar-refractivity contribution is 0.405. The normalized spacial score (nSPS) is 14.3. The molecule has 0 bridgehead atoms. The van der Waals surface area contributed by atoms with Crippen LogP contribution in [0.25, 0.3) is 10.8 Å². The van der Waals surface area contributed by atoms with Gasteiger partial charge in [-0.2, -0.15) is 0 Å². The highest BCUT2D eigenvalue weighted by Crippen LogP contribution is 2.39. The second-order valence-electron chi connectivity index (χ2n) is 6.29. The average Bonchev–Trinajstić information content (AvgIpc) is 2.54. The van der Waals surface area contributed by atoms with Crippen LogP contribution in [-0.4, -0.2) is 0 Å². The molecule has 0 aliphatic rings. The summed E-state index contributed by atoms with van der Waals surface area (Å²) >= 11 is 0. The van der Waals surface area contributed by atoms with Crippen molar-refractivity contribution in [1.29, 1.82) is 0 Å². The van der Waals surface area contributed by atoms with Gasteiger partial charge in [0.05, 0.1) is 0 Å². The lowest BCUT2D eigenvalue weighted by Crippen LogP contribution is -2.30. The van der Waals surface area contributed by atoms with Crippen LogP contribution in [0.1, 0.15) is 31.9 Å². The van der Waals surface area contributed by atoms with Crippen molar-refractivity contribution in [2.75, 3.05) is 0 Å². The molecule has 0 nitrogen and oxygen atoms in total. The standard InChI is InChI=1S/C21H22/c1-16(2)21(3,19-11-5-4-6-12-19)20-14-13-17-9-7-8-10-18(17)15-20/h4-16H,1-3H3. The molecule has 1 unspecified atom stereocenters. The van der Waals surface area contributed by atoms with Crippen LogP contribution in [0.5, 0.6) is 0 Å². The van der Waals surface area contributed by atoms with Gasteiger partial charge in [-0.1, -0.05) is 93.6 Å². The van der Waals surface area contributed by atoms with Gasteiger partial charge in [0.15, 0.2) is 0 Å². The second-order valence-corrected chi connectivity index (χ2v) is 6.29. The minimum atomic E-state index is 0.0330. The summed E-state index contributed by atoms with van der Waals surface area (Å²) in [6, 6.07) is 26.3. The third-order valence-corrected chi connectivity index (χ3v) is 4.88. The Bertz CT molecular complexity index is 740. The maximum absolute atomic E-state index is 2.36. The molecule has 3 aromatic carbocycles. The molecular weight excluding hydrogens is 252 g/mol. The smallest absolute Gasteiger partial charge is 0.0197 e. The average molecular weight is 274 g/mol. The summed E-state index contributed by atoms with van der Waals surface area (Å²) in [5, 5.41) is 2.62. The summed E-state index contributed by atoms with van der Waals surface area (Å²) in [5.41, 5.74) is 2.81. The zero-order valence-electron chi connectivity index (χ0n) is 13.0. The van der Waals surface area contributed by atoms with Crippen LogP contribution in [0.4, 0.5) is 0 Å². The fraction of sp³-hybridized carbons (Fsp3) is 0.238. The Morgan fingerprint density at radius 3 is 1.95 bits per heavy atom. The van der Waals surface area contributed by atoms with E-state index in [0.29, 0.717) is 5.92 Å². The number of hydrogen-bond donors (Lipinski definition) is 0. The molecule has 21 heavy (non-hydrogen) atoms. The Morgan fingerprint density at radius 1 is 0.667 bits per heavy atom. The Morgan fingerprint density at radius 2 is 1.29 bits per heavy atom. The van der Waals surface area contributed by atoms with Crippen LogP contribution < -0.4 is 0 Å². The number of hydrogen-bond acceptors (Lipinski definition) is 0. The molecule has 0 amide bonds. The van der Waals surface area contributed by atoms with Gasteiger partial charge in [0.25, 0.3) is 0 Å². The zero-order valence-corrected chi connectivity index (χ0v) is 13.0. The van der Waals surface area contributed by atoms with Crippen LogP contribution in [-0.2, 0) is 5.41 Å². The molecule has 0 radical (unpaired) electrons. The maximum Gasteiger partial charge on any atom is 0.0197 e. The van der Waals surface area contributed by atoms with E-state index >= 15 is 0 Å². The number of rotatable bonds is 3. The highest BCUT2D eigenvalue weighted by molar-refractivity contribution is 5.83. The van der Waals surface area contributed by atoms with Gasteiger partial charge in [-0.3, -0.25) is 0 Å². The van der Waals surface area contributed by atoms with E-state index in [-0.39, 0.29) is 5.41 Å². The zero-order chi connectivity index (χ0) is 14.9. The second kappa shape index (κ2) is 5.37. The molecule has 0 heteroatoms. The molecule has 0 heterocycles. The molecule has 0 aliphatic carbocycles. The Labute approximate surface area is 127 Å². The molecule has 0 fully saturated rings. The first-order valence-electron chi connectivity index (χ1n) is 7.67. The molecule has 3 rings (SSSR count). The monoisotopic (exact) mass is 274 g/mol. The third-order valence-electron chi connectivity index (χ3n) is 4.88. The predicted octanol–water partition coefficient (Wildman–Crippen LogP) is 5.80. The fourth-order valence-electron chi connectivity index (χ4n) is 3.13. The maximum atomic E-state index is 2.36. The lowest BCUT2D eigenvalue weighted by atomic mass is 9.68. The fourth-order valence-corrected chi connectivity index (χ4v) is 3.13. The van der Waals surface area contributed by atoms with E-state index in [1.54, 1.807) is 0 Å². The van der Waals surface area contributed by atoms with Crippen LogP contribution in [0, 0.1) is 5.92 Å². The highest BCUT2D eigenvalue weighted by atomic mass is 14.4. The largest absolute Gasteiger partial charge is 0.0622 e. The molecule has 3 aromatic rings. The van der Waals surface area contributed by atoms with Gasteiger partial charge >= 0.3 is 0 Å². The lowest BCUT2D eigenvalue weighted by Gasteiger charge is -2.35. The van der Waals surface area contributed by atoms with E-state index in [2.05, 4.69) is 93.6 Å². The van der Waals surface area contributed by atoms with Crippen LogP contribution in [0.15, 0.2) is 72.8 Å². The molecule has 0 spiro atoms. The van der Waals surface area contributed by atoms with Crippen molar-refractivity contribution in [3.05, 3.63) is 83.9 Å². The minimum absolute atomic E-state index is 0.0330. The summed E-state index contributed by atoms with van der Waals surface area (Å²) in [5.74, 6) is 0.529. The first kappa shape index (κ1) is 13.9. The highest BCUT2D eigenvalue weighted by Gasteiger charge is 2.32. The summed E-state index contributed by atoms with van der Waals surface area (Å²) in [7, 11) is 0. The van der Waals surface area contributed by atoms with E-state index < -0.39 is 0 Å². The van der Waals surface area contributed by atoms with Gasteiger partial charge in [-0.05, 0) is 27.8 Å². The van der Waals surface area contributed by atoms with Crippen molar-refractivity contribution >= 4 is 10.8 Å². The Kier molecular flexibility index (Phi) is 3.55. The van der Waals surface area contributed by atoms with Gasteiger partial charge in [-0.25, -0.2) is 0 Å². The quantitative estimate of drug-likeness (QED) is 0.566. The van der Waals surface area contributed by atoms with E-state index in [0.717, 1.165) is 0 Å². The summed E-state index contributed by atoms with van der Waals surface area (Å²) in [4.78, 5) is 0. The summed E-state index contributed by atoms with van der Waals surface area (Å²) in [6.07, 6.45) is 0. The number of fused-ring (bicyclic) bond motifs is 1. The van der Waals surface area contributed by atoms with Gasteiger partial charge in [0.1, 0.15) is 0 Å². The summed E-state index contributed by atoms with van der Waals surface area (Å²) in [6.45, 7) is 6.97. The van der Waals surface area contributed by atoms with Crippen molar-refractivity contribution in [2.45, 2.75) is 26.2 Å². The molecule has 0 aliphatic heterocycles. The van der Waals surface area contributed by atoms with E-state index in [1.165, 1.54) is 21.9 Å². The topological polar surface area (TPSA) is 0 Å². The third kappa shape index (κ3) is 2.35. The van der Waals surface area contributed by atoms with Crippen molar-refractivity contribution < 1.29 is 0 Å². The molecule has 1 atom stereocenters. The first-order valence-corrected chi connectivity index (χ1v) is 7.67. The van der Waals surface area contributed by atoms with E-state index in [1.807, 2.05) is 0 Å². The van der Waals surface area contributed by atoms with Gasteiger partial charge in [-0.15, -0.1) is 0 Å². The molecule has 0 N–H and O–H groups in total. The van der Waals surface area contributed by atoms with Crippen LogP contribution >= 0.6 is 0 Å². The summed E-state index contributed by atoms with van der Waals surface area (Å²) < 4.78 is 0.